The first-order valence-corrected chi connectivity index (χ1v) is 19.1. The Morgan fingerprint density at radius 2 is 0.609 bits per heavy atom. The van der Waals surface area contributed by atoms with Crippen molar-refractivity contribution < 1.29 is 112 Å². The second-order valence-corrected chi connectivity index (χ2v) is 15.2. The summed E-state index contributed by atoms with van der Waals surface area (Å²) in [5, 5.41) is 132. The van der Waals surface area contributed by atoms with Gasteiger partial charge in [-0.2, -0.15) is 0 Å². The van der Waals surface area contributed by atoms with Crippen LogP contribution in [-0.4, -0.2) is 182 Å². The van der Waals surface area contributed by atoms with Gasteiger partial charge in [0.15, 0.2) is 18.3 Å². The first-order valence-electron chi connectivity index (χ1n) is 19.1. The van der Waals surface area contributed by atoms with E-state index < -0.39 is 129 Å². The molecule has 362 valence electrons. The lowest BCUT2D eigenvalue weighted by atomic mass is 9.78. The number of aromatic hydroxyl groups is 2. The van der Waals surface area contributed by atoms with Gasteiger partial charge in [0, 0.05) is 0 Å². The van der Waals surface area contributed by atoms with E-state index in [1.807, 2.05) is 6.92 Å². The maximum atomic E-state index is 14.3. The van der Waals surface area contributed by atoms with Crippen molar-refractivity contribution in [3.63, 3.8) is 0 Å². The lowest BCUT2D eigenvalue weighted by molar-refractivity contribution is -0.266. The summed E-state index contributed by atoms with van der Waals surface area (Å²) in [5.41, 5.74) is 0.905. The van der Waals surface area contributed by atoms with Crippen molar-refractivity contribution in [2.45, 2.75) is 105 Å². The number of aryl methyl sites for hydroxylation is 1. The van der Waals surface area contributed by atoms with Gasteiger partial charge >= 0.3 is 0 Å². The van der Waals surface area contributed by atoms with E-state index in [0.29, 0.717) is 0 Å². The Morgan fingerprint density at radius 3 is 0.828 bits per heavy atom. The fourth-order valence-electron chi connectivity index (χ4n) is 7.10. The Balaban J connectivity index is 0.000000253. The Bertz CT molecular complexity index is 1650. The Hall–Kier alpha value is -4.24. The molecule has 14 N–H and O–H groups in total. The molecule has 0 aliphatic heterocycles. The molecule has 0 spiro atoms. The maximum absolute atomic E-state index is 14.3. The van der Waals surface area contributed by atoms with Crippen LogP contribution in [0.2, 0.25) is 0 Å². The average molecular weight is 933 g/mol. The standard InChI is InChI=1S/C14H18F2O5.2C13H16F2O6.CH4/c1-7-2-4-8(5-3-7)21-13-12(20)11(19)10(18)9(6-17)14(13,15)16;2*14-13(15)8(5-16)9(18)10(19)11(20)12(13)21-7-3-1-6(17)2-4-7;/h2-5,9-13,17-20H,6H2,1H3;2*1-4,8-12,16-20H,5H2;1H4/t9-,10-,11+,12-,13-;8-,9-,10+,11-,12+;;/m11../s1. The lowest BCUT2D eigenvalue weighted by Gasteiger charge is -2.45. The van der Waals surface area contributed by atoms with E-state index in [0.717, 1.165) is 5.56 Å². The zero-order valence-electron chi connectivity index (χ0n) is 33.0. The molecule has 0 bridgehead atoms. The second kappa shape index (κ2) is 21.8. The summed E-state index contributed by atoms with van der Waals surface area (Å²) in [7, 11) is 0. The average Bonchev–Trinajstić information content (AvgIpc) is 3.23. The third-order valence-corrected chi connectivity index (χ3v) is 11.0. The summed E-state index contributed by atoms with van der Waals surface area (Å²) in [6, 6.07) is 15.9. The highest BCUT2D eigenvalue weighted by atomic mass is 19.3. The third kappa shape index (κ3) is 11.4. The molecule has 3 aliphatic rings. The molecule has 3 saturated carbocycles. The van der Waals surface area contributed by atoms with Crippen LogP contribution in [0.3, 0.4) is 0 Å². The summed E-state index contributed by atoms with van der Waals surface area (Å²) in [6.07, 6.45) is -23.8. The predicted molar refractivity (Wildman–Crippen MR) is 208 cm³/mol. The van der Waals surface area contributed by atoms with Gasteiger partial charge < -0.3 is 85.7 Å². The van der Waals surface area contributed by atoms with Gasteiger partial charge in [-0.05, 0) is 67.6 Å². The quantitative estimate of drug-likeness (QED) is 0.122. The summed E-state index contributed by atoms with van der Waals surface area (Å²) >= 11 is 0. The molecule has 0 aromatic heterocycles. The van der Waals surface area contributed by atoms with Crippen molar-refractivity contribution in [3.05, 3.63) is 78.4 Å². The third-order valence-electron chi connectivity index (χ3n) is 11.0. The van der Waals surface area contributed by atoms with Crippen molar-refractivity contribution in [2.24, 2.45) is 17.8 Å². The predicted octanol–water partition coefficient (Wildman–Crippen LogP) is -0.322. The highest BCUT2D eigenvalue weighted by Gasteiger charge is 2.64. The molecule has 3 aromatic rings. The van der Waals surface area contributed by atoms with Crippen LogP contribution >= 0.6 is 0 Å². The van der Waals surface area contributed by atoms with E-state index >= 15 is 0 Å². The van der Waals surface area contributed by atoms with Crippen molar-refractivity contribution in [2.75, 3.05) is 19.8 Å². The first kappa shape index (κ1) is 54.1. The number of halogens is 6. The molecule has 0 amide bonds. The highest BCUT2D eigenvalue weighted by Crippen LogP contribution is 2.44. The van der Waals surface area contributed by atoms with Gasteiger partial charge in [0.1, 0.15) is 65.4 Å². The summed E-state index contributed by atoms with van der Waals surface area (Å²) in [5.74, 6) is -17.3. The molecule has 15 atom stereocenters. The topological polar surface area (TPSA) is 311 Å². The molecule has 0 heterocycles. The molecule has 3 fully saturated rings. The number of phenols is 2. The molecule has 0 saturated heterocycles. The van der Waals surface area contributed by atoms with Crippen LogP contribution in [0, 0.1) is 24.7 Å². The fraction of sp³-hybridized carbons (Fsp3) is 0.561. The molecule has 64 heavy (non-hydrogen) atoms. The number of aliphatic hydroxyl groups is 12. The van der Waals surface area contributed by atoms with E-state index in [4.69, 9.17) is 39.7 Å². The SMILES string of the molecule is C.Cc1ccc(O[C@@H]2[C@H](O)[C@@H](O)[C@H](O)[C@@H](CO)C2(F)F)cc1.OCC1C(O)C(O)C(O)C(Oc2ccc(O)cc2)C1(F)F.OC[C@@H]1[C@@H](O)[C@H](O)[C@@H](O)[C@H](Oc2ccc(O)cc2)C1(F)F. The molecular weight excluding hydrogens is 878 g/mol. The minimum Gasteiger partial charge on any atom is -0.508 e. The van der Waals surface area contributed by atoms with Gasteiger partial charge in [-0.25, -0.2) is 26.3 Å². The van der Waals surface area contributed by atoms with Crippen LogP contribution in [-0.2, 0) is 0 Å². The second-order valence-electron chi connectivity index (χ2n) is 15.2. The van der Waals surface area contributed by atoms with Gasteiger partial charge in [-0.3, -0.25) is 0 Å². The van der Waals surface area contributed by atoms with Crippen LogP contribution in [0.15, 0.2) is 72.8 Å². The first-order chi connectivity index (χ1) is 29.4. The molecule has 3 aliphatic carbocycles. The van der Waals surface area contributed by atoms with Crippen molar-refractivity contribution in [3.8, 4) is 28.7 Å². The summed E-state index contributed by atoms with van der Waals surface area (Å²) < 4.78 is 100. The van der Waals surface area contributed by atoms with Crippen LogP contribution in [0.4, 0.5) is 26.3 Å². The molecule has 17 nitrogen and oxygen atoms in total. The van der Waals surface area contributed by atoms with E-state index in [2.05, 4.69) is 0 Å². The largest absolute Gasteiger partial charge is 0.508 e. The monoisotopic (exact) mass is 932 g/mol. The van der Waals surface area contributed by atoms with Gasteiger partial charge in [0.05, 0.1) is 55.9 Å². The molecule has 5 unspecified atom stereocenters. The number of phenolic OH excluding ortho intramolecular Hbond substituents is 2. The molecule has 23 heteroatoms. The van der Waals surface area contributed by atoms with Crippen LogP contribution in [0.25, 0.3) is 0 Å². The van der Waals surface area contributed by atoms with Crippen LogP contribution < -0.4 is 14.2 Å². The van der Waals surface area contributed by atoms with Crippen LogP contribution in [0.5, 0.6) is 28.7 Å². The fourth-order valence-corrected chi connectivity index (χ4v) is 7.10. The molecule has 3 aromatic carbocycles. The van der Waals surface area contributed by atoms with Gasteiger partial charge in [-0.1, -0.05) is 25.1 Å². The van der Waals surface area contributed by atoms with Gasteiger partial charge in [0.2, 0.25) is 0 Å². The van der Waals surface area contributed by atoms with Crippen molar-refractivity contribution in [1.82, 2.24) is 0 Å². The number of alkyl halides is 6. The zero-order chi connectivity index (χ0) is 47.4. The molecule has 0 radical (unpaired) electrons. The number of ether oxygens (including phenoxy) is 3. The Kier molecular flexibility index (Phi) is 18.5. The summed E-state index contributed by atoms with van der Waals surface area (Å²) in [6.45, 7) is -1.37. The van der Waals surface area contributed by atoms with Crippen LogP contribution in [0.1, 0.15) is 13.0 Å². The molecular formula is C41H54F6O17. The minimum atomic E-state index is -3.76. The van der Waals surface area contributed by atoms with Crippen molar-refractivity contribution >= 4 is 0 Å². The highest BCUT2D eigenvalue weighted by molar-refractivity contribution is 5.32. The van der Waals surface area contributed by atoms with Crippen molar-refractivity contribution in [1.29, 1.82) is 0 Å². The van der Waals surface area contributed by atoms with E-state index in [-0.39, 0.29) is 36.2 Å². The number of rotatable bonds is 9. The smallest absolute Gasteiger partial charge is 0.294 e. The molecule has 6 rings (SSSR count). The number of benzene rings is 3. The number of hydrogen-bond acceptors (Lipinski definition) is 17. The normalized spacial score (nSPS) is 34.9. The minimum absolute atomic E-state index is 0. The Labute approximate surface area is 361 Å². The zero-order valence-corrected chi connectivity index (χ0v) is 33.0. The Morgan fingerprint density at radius 1 is 0.391 bits per heavy atom. The maximum Gasteiger partial charge on any atom is 0.294 e. The van der Waals surface area contributed by atoms with E-state index in [9.17, 15) is 72.3 Å². The number of hydrogen-bond donors (Lipinski definition) is 14. The number of aliphatic hydroxyl groups excluding tert-OH is 12. The lowest BCUT2D eigenvalue weighted by Crippen LogP contribution is -2.67. The van der Waals surface area contributed by atoms with Gasteiger partial charge in [0.25, 0.3) is 17.8 Å². The van der Waals surface area contributed by atoms with E-state index in [1.54, 1.807) is 12.1 Å². The van der Waals surface area contributed by atoms with E-state index in [1.165, 1.54) is 60.7 Å². The summed E-state index contributed by atoms with van der Waals surface area (Å²) in [4.78, 5) is 0. The van der Waals surface area contributed by atoms with Gasteiger partial charge in [-0.15, -0.1) is 0 Å².